The lowest BCUT2D eigenvalue weighted by molar-refractivity contribution is 0.117. The SMILES string of the molecule is OC(CCN1CC2CCC(O)C2C1)c1cccc(F)c1. The predicted molar refractivity (Wildman–Crippen MR) is 74.6 cm³/mol. The monoisotopic (exact) mass is 279 g/mol. The largest absolute Gasteiger partial charge is 0.393 e. The zero-order chi connectivity index (χ0) is 14.1. The Kier molecular flexibility index (Phi) is 4.06. The van der Waals surface area contributed by atoms with Crippen LogP contribution in [0, 0.1) is 17.7 Å². The minimum atomic E-state index is -0.615. The van der Waals surface area contributed by atoms with Crippen LogP contribution in [0.4, 0.5) is 4.39 Å². The average molecular weight is 279 g/mol. The second-order valence-corrected chi connectivity index (χ2v) is 6.19. The average Bonchev–Trinajstić information content (AvgIpc) is 2.98. The Morgan fingerprint density at radius 2 is 2.15 bits per heavy atom. The number of fused-ring (bicyclic) bond motifs is 1. The zero-order valence-electron chi connectivity index (χ0n) is 11.6. The van der Waals surface area contributed by atoms with E-state index in [2.05, 4.69) is 4.90 Å². The van der Waals surface area contributed by atoms with Crippen LogP contribution in [0.1, 0.15) is 30.9 Å². The minimum absolute atomic E-state index is 0.141. The molecule has 2 N–H and O–H groups in total. The highest BCUT2D eigenvalue weighted by Gasteiger charge is 2.41. The van der Waals surface area contributed by atoms with E-state index >= 15 is 0 Å². The summed E-state index contributed by atoms with van der Waals surface area (Å²) in [6.07, 6.45) is 1.91. The number of halogens is 1. The van der Waals surface area contributed by atoms with Crippen LogP contribution in [-0.4, -0.2) is 40.9 Å². The summed E-state index contributed by atoms with van der Waals surface area (Å²) in [7, 11) is 0. The number of nitrogens with zero attached hydrogens (tertiary/aromatic N) is 1. The van der Waals surface area contributed by atoms with Crippen LogP contribution in [0.2, 0.25) is 0 Å². The van der Waals surface area contributed by atoms with E-state index in [1.54, 1.807) is 12.1 Å². The first kappa shape index (κ1) is 14.0. The Bertz CT molecular complexity index is 468. The molecular weight excluding hydrogens is 257 g/mol. The Hall–Kier alpha value is -0.970. The van der Waals surface area contributed by atoms with Gasteiger partial charge in [-0.1, -0.05) is 12.1 Å². The van der Waals surface area contributed by atoms with Gasteiger partial charge in [-0.15, -0.1) is 0 Å². The number of hydrogen-bond donors (Lipinski definition) is 2. The first-order valence-corrected chi connectivity index (χ1v) is 7.47. The maximum absolute atomic E-state index is 13.1. The second kappa shape index (κ2) is 5.80. The van der Waals surface area contributed by atoms with Crippen LogP contribution in [0.25, 0.3) is 0 Å². The third-order valence-electron chi connectivity index (χ3n) is 4.85. The van der Waals surface area contributed by atoms with Crippen LogP contribution >= 0.6 is 0 Å². The molecule has 3 rings (SSSR count). The Labute approximate surface area is 119 Å². The standard InChI is InChI=1S/C16H22FNO2/c17-13-3-1-2-11(8-13)15(19)6-7-18-9-12-4-5-16(20)14(12)10-18/h1-3,8,12,14-16,19-20H,4-7,9-10H2. The molecule has 4 atom stereocenters. The summed E-state index contributed by atoms with van der Waals surface area (Å²) in [4.78, 5) is 2.32. The lowest BCUT2D eigenvalue weighted by Gasteiger charge is -2.20. The van der Waals surface area contributed by atoms with E-state index < -0.39 is 6.10 Å². The lowest BCUT2D eigenvalue weighted by atomic mass is 10.00. The molecule has 1 aliphatic carbocycles. The first-order chi connectivity index (χ1) is 9.63. The van der Waals surface area contributed by atoms with E-state index in [0.717, 1.165) is 32.5 Å². The summed E-state index contributed by atoms with van der Waals surface area (Å²) >= 11 is 0. The van der Waals surface area contributed by atoms with Crippen LogP contribution in [0.15, 0.2) is 24.3 Å². The van der Waals surface area contributed by atoms with Gasteiger partial charge < -0.3 is 15.1 Å². The van der Waals surface area contributed by atoms with Gasteiger partial charge in [-0.2, -0.15) is 0 Å². The molecule has 0 spiro atoms. The van der Waals surface area contributed by atoms with Crippen molar-refractivity contribution in [3.05, 3.63) is 35.6 Å². The van der Waals surface area contributed by atoms with Crippen molar-refractivity contribution in [2.24, 2.45) is 11.8 Å². The molecule has 1 saturated carbocycles. The Morgan fingerprint density at radius 3 is 2.90 bits per heavy atom. The van der Waals surface area contributed by atoms with Gasteiger partial charge in [-0.3, -0.25) is 0 Å². The Balaban J connectivity index is 1.50. The van der Waals surface area contributed by atoms with Crippen molar-refractivity contribution in [1.82, 2.24) is 4.90 Å². The van der Waals surface area contributed by atoms with Gasteiger partial charge in [0.15, 0.2) is 0 Å². The van der Waals surface area contributed by atoms with Crippen molar-refractivity contribution < 1.29 is 14.6 Å². The summed E-state index contributed by atoms with van der Waals surface area (Å²) in [6, 6.07) is 6.17. The third-order valence-corrected chi connectivity index (χ3v) is 4.85. The molecule has 2 aliphatic rings. The van der Waals surface area contributed by atoms with Crippen molar-refractivity contribution in [3.63, 3.8) is 0 Å². The number of aliphatic hydroxyl groups excluding tert-OH is 2. The molecule has 0 radical (unpaired) electrons. The van der Waals surface area contributed by atoms with Gasteiger partial charge in [0.25, 0.3) is 0 Å². The van der Waals surface area contributed by atoms with E-state index in [4.69, 9.17) is 0 Å². The highest BCUT2D eigenvalue weighted by atomic mass is 19.1. The van der Waals surface area contributed by atoms with E-state index in [9.17, 15) is 14.6 Å². The molecule has 110 valence electrons. The molecule has 0 amide bonds. The topological polar surface area (TPSA) is 43.7 Å². The van der Waals surface area contributed by atoms with Gasteiger partial charge in [-0.05, 0) is 42.9 Å². The van der Waals surface area contributed by atoms with Crippen LogP contribution in [0.5, 0.6) is 0 Å². The summed E-state index contributed by atoms with van der Waals surface area (Å²) in [6.45, 7) is 2.76. The van der Waals surface area contributed by atoms with Gasteiger partial charge in [0.1, 0.15) is 5.82 Å². The van der Waals surface area contributed by atoms with E-state index in [-0.39, 0.29) is 11.9 Å². The molecule has 4 unspecified atom stereocenters. The van der Waals surface area contributed by atoms with Gasteiger partial charge in [0.2, 0.25) is 0 Å². The maximum atomic E-state index is 13.1. The van der Waals surface area contributed by atoms with Crippen molar-refractivity contribution in [1.29, 1.82) is 0 Å². The first-order valence-electron chi connectivity index (χ1n) is 7.47. The lowest BCUT2D eigenvalue weighted by Crippen LogP contribution is -2.26. The van der Waals surface area contributed by atoms with Crippen molar-refractivity contribution in [2.45, 2.75) is 31.5 Å². The molecule has 0 bridgehead atoms. The number of benzene rings is 1. The predicted octanol–water partition coefficient (Wildman–Crippen LogP) is 1.95. The highest BCUT2D eigenvalue weighted by Crippen LogP contribution is 2.38. The molecule has 1 aromatic carbocycles. The molecule has 20 heavy (non-hydrogen) atoms. The van der Waals surface area contributed by atoms with Gasteiger partial charge in [0.05, 0.1) is 12.2 Å². The molecule has 1 saturated heterocycles. The van der Waals surface area contributed by atoms with Gasteiger partial charge in [0, 0.05) is 25.6 Å². The van der Waals surface area contributed by atoms with Crippen LogP contribution in [-0.2, 0) is 0 Å². The summed E-state index contributed by atoms with van der Waals surface area (Å²) in [5.74, 6) is 0.734. The second-order valence-electron chi connectivity index (χ2n) is 6.19. The highest BCUT2D eigenvalue weighted by molar-refractivity contribution is 5.18. The number of hydrogen-bond acceptors (Lipinski definition) is 3. The molecule has 2 fully saturated rings. The zero-order valence-corrected chi connectivity index (χ0v) is 11.6. The van der Waals surface area contributed by atoms with Crippen molar-refractivity contribution in [3.8, 4) is 0 Å². The number of rotatable bonds is 4. The number of likely N-dealkylation sites (tertiary alicyclic amines) is 1. The fraction of sp³-hybridized carbons (Fsp3) is 0.625. The molecule has 1 aromatic rings. The smallest absolute Gasteiger partial charge is 0.123 e. The molecule has 0 aromatic heterocycles. The number of aliphatic hydroxyl groups is 2. The van der Waals surface area contributed by atoms with Crippen LogP contribution < -0.4 is 0 Å². The van der Waals surface area contributed by atoms with Crippen LogP contribution in [0.3, 0.4) is 0 Å². The minimum Gasteiger partial charge on any atom is -0.393 e. The molecule has 3 nitrogen and oxygen atoms in total. The quantitative estimate of drug-likeness (QED) is 0.885. The third kappa shape index (κ3) is 2.87. The molecule has 1 aliphatic heterocycles. The fourth-order valence-electron chi connectivity index (χ4n) is 3.70. The molecule has 1 heterocycles. The Morgan fingerprint density at radius 1 is 1.30 bits per heavy atom. The molecular formula is C16H22FNO2. The van der Waals surface area contributed by atoms with Gasteiger partial charge in [-0.25, -0.2) is 4.39 Å². The normalized spacial score (nSPS) is 31.4. The van der Waals surface area contributed by atoms with Crippen molar-refractivity contribution >= 4 is 0 Å². The summed E-state index contributed by atoms with van der Waals surface area (Å²) < 4.78 is 13.1. The molecule has 4 heteroatoms. The van der Waals surface area contributed by atoms with Gasteiger partial charge >= 0.3 is 0 Å². The van der Waals surface area contributed by atoms with E-state index in [1.807, 2.05) is 0 Å². The summed E-state index contributed by atoms with van der Waals surface area (Å²) in [5, 5.41) is 20.0. The van der Waals surface area contributed by atoms with Crippen molar-refractivity contribution in [2.75, 3.05) is 19.6 Å². The maximum Gasteiger partial charge on any atom is 0.123 e. The van der Waals surface area contributed by atoms with E-state index in [0.29, 0.717) is 23.8 Å². The summed E-state index contributed by atoms with van der Waals surface area (Å²) in [5.41, 5.74) is 0.643. The fourth-order valence-corrected chi connectivity index (χ4v) is 3.70. The van der Waals surface area contributed by atoms with E-state index in [1.165, 1.54) is 12.1 Å².